The van der Waals surface area contributed by atoms with Crippen molar-refractivity contribution in [3.8, 4) is 5.69 Å². The van der Waals surface area contributed by atoms with Gasteiger partial charge >= 0.3 is 0 Å². The van der Waals surface area contributed by atoms with Crippen molar-refractivity contribution in [1.29, 1.82) is 0 Å². The molecule has 0 aliphatic rings. The maximum absolute atomic E-state index is 13.7. The standard InChI is InChI=1S/C20H19FN2OS/c1-14(2)15-7-9-17(10-8-15)23-12-11-22-19(20(23)24)25-13-16-5-3-4-6-18(16)21/h3-12,14H,13H2,1-2H3. The highest BCUT2D eigenvalue weighted by molar-refractivity contribution is 7.98. The molecule has 3 rings (SSSR count). The first-order valence-corrected chi connectivity index (χ1v) is 9.09. The fraction of sp³-hybridized carbons (Fsp3) is 0.200. The van der Waals surface area contributed by atoms with Crippen LogP contribution >= 0.6 is 11.8 Å². The summed E-state index contributed by atoms with van der Waals surface area (Å²) in [6.45, 7) is 4.26. The van der Waals surface area contributed by atoms with E-state index in [4.69, 9.17) is 0 Å². The predicted octanol–water partition coefficient (Wildman–Crippen LogP) is 4.79. The van der Waals surface area contributed by atoms with Crippen LogP contribution in [0.25, 0.3) is 5.69 Å². The summed E-state index contributed by atoms with van der Waals surface area (Å²) in [5.41, 5.74) is 2.39. The van der Waals surface area contributed by atoms with Crippen LogP contribution in [0.3, 0.4) is 0 Å². The van der Waals surface area contributed by atoms with Gasteiger partial charge in [0.15, 0.2) is 5.03 Å². The lowest BCUT2D eigenvalue weighted by Gasteiger charge is -2.10. The second kappa shape index (κ2) is 7.66. The molecule has 5 heteroatoms. The molecule has 0 atom stereocenters. The molecule has 0 fully saturated rings. The monoisotopic (exact) mass is 354 g/mol. The van der Waals surface area contributed by atoms with E-state index in [9.17, 15) is 9.18 Å². The second-order valence-corrected chi connectivity index (χ2v) is 7.00. The van der Waals surface area contributed by atoms with Crippen LogP contribution in [-0.4, -0.2) is 9.55 Å². The zero-order chi connectivity index (χ0) is 17.8. The van der Waals surface area contributed by atoms with Crippen LogP contribution in [0, 0.1) is 5.82 Å². The van der Waals surface area contributed by atoms with E-state index in [0.29, 0.717) is 22.3 Å². The first-order valence-electron chi connectivity index (χ1n) is 8.10. The minimum atomic E-state index is -0.268. The van der Waals surface area contributed by atoms with Gasteiger partial charge in [-0.05, 0) is 35.2 Å². The third-order valence-corrected chi connectivity index (χ3v) is 4.98. The molecule has 128 valence electrons. The third kappa shape index (κ3) is 3.99. The Balaban J connectivity index is 1.85. The molecule has 1 aromatic heterocycles. The summed E-state index contributed by atoms with van der Waals surface area (Å²) in [7, 11) is 0. The van der Waals surface area contributed by atoms with Gasteiger partial charge in [-0.1, -0.05) is 55.9 Å². The molecule has 3 nitrogen and oxygen atoms in total. The number of nitrogens with zero attached hydrogens (tertiary/aromatic N) is 2. The van der Waals surface area contributed by atoms with Crippen molar-refractivity contribution in [2.45, 2.75) is 30.5 Å². The number of benzene rings is 2. The van der Waals surface area contributed by atoms with Gasteiger partial charge in [-0.25, -0.2) is 9.37 Å². The van der Waals surface area contributed by atoms with E-state index in [0.717, 1.165) is 5.69 Å². The molecular formula is C20H19FN2OS. The zero-order valence-electron chi connectivity index (χ0n) is 14.1. The highest BCUT2D eigenvalue weighted by Gasteiger charge is 2.09. The van der Waals surface area contributed by atoms with Crippen LogP contribution in [0.1, 0.15) is 30.9 Å². The fourth-order valence-electron chi connectivity index (χ4n) is 2.48. The lowest BCUT2D eigenvalue weighted by Crippen LogP contribution is -2.20. The lowest BCUT2D eigenvalue weighted by atomic mass is 10.0. The average Bonchev–Trinajstić information content (AvgIpc) is 2.62. The molecule has 0 N–H and O–H groups in total. The van der Waals surface area contributed by atoms with Crippen LogP contribution in [0.5, 0.6) is 0 Å². The van der Waals surface area contributed by atoms with Gasteiger partial charge in [0, 0.05) is 23.8 Å². The Morgan fingerprint density at radius 1 is 1.12 bits per heavy atom. The molecule has 2 aromatic carbocycles. The van der Waals surface area contributed by atoms with E-state index in [-0.39, 0.29) is 11.4 Å². The van der Waals surface area contributed by atoms with Crippen LogP contribution < -0.4 is 5.56 Å². The van der Waals surface area contributed by atoms with Gasteiger partial charge in [0.2, 0.25) is 0 Å². The van der Waals surface area contributed by atoms with E-state index in [1.807, 2.05) is 24.3 Å². The van der Waals surface area contributed by atoms with Crippen molar-refractivity contribution >= 4 is 11.8 Å². The number of hydrogen-bond donors (Lipinski definition) is 0. The van der Waals surface area contributed by atoms with Crippen LogP contribution in [0.2, 0.25) is 0 Å². The van der Waals surface area contributed by atoms with Crippen molar-refractivity contribution in [3.05, 3.63) is 88.2 Å². The summed E-state index contributed by atoms with van der Waals surface area (Å²) >= 11 is 1.25. The summed E-state index contributed by atoms with van der Waals surface area (Å²) in [5, 5.41) is 0.360. The summed E-state index contributed by atoms with van der Waals surface area (Å²) < 4.78 is 15.3. The average molecular weight is 354 g/mol. The molecule has 0 aliphatic carbocycles. The molecule has 0 unspecified atom stereocenters. The van der Waals surface area contributed by atoms with E-state index in [1.54, 1.807) is 35.2 Å². The molecule has 0 spiro atoms. The van der Waals surface area contributed by atoms with Crippen molar-refractivity contribution in [3.63, 3.8) is 0 Å². The quantitative estimate of drug-likeness (QED) is 0.618. The van der Waals surface area contributed by atoms with Gasteiger partial charge < -0.3 is 0 Å². The topological polar surface area (TPSA) is 34.9 Å². The first-order chi connectivity index (χ1) is 12.1. The Kier molecular flexibility index (Phi) is 5.34. The normalized spacial score (nSPS) is 11.0. The van der Waals surface area contributed by atoms with Crippen molar-refractivity contribution in [2.24, 2.45) is 0 Å². The predicted molar refractivity (Wildman–Crippen MR) is 99.9 cm³/mol. The van der Waals surface area contributed by atoms with Crippen LogP contribution in [0.4, 0.5) is 4.39 Å². The van der Waals surface area contributed by atoms with Gasteiger partial charge in [0.1, 0.15) is 5.82 Å². The van der Waals surface area contributed by atoms with Crippen LogP contribution in [-0.2, 0) is 5.75 Å². The van der Waals surface area contributed by atoms with E-state index >= 15 is 0 Å². The number of aromatic nitrogens is 2. The highest BCUT2D eigenvalue weighted by Crippen LogP contribution is 2.21. The maximum Gasteiger partial charge on any atom is 0.287 e. The number of halogens is 1. The Morgan fingerprint density at radius 2 is 1.84 bits per heavy atom. The highest BCUT2D eigenvalue weighted by atomic mass is 32.2. The summed E-state index contributed by atoms with van der Waals surface area (Å²) in [6.07, 6.45) is 3.25. The summed E-state index contributed by atoms with van der Waals surface area (Å²) in [5.74, 6) is 0.538. The molecule has 3 aromatic rings. The molecular weight excluding hydrogens is 335 g/mol. The lowest BCUT2D eigenvalue weighted by molar-refractivity contribution is 0.617. The Hall–Kier alpha value is -2.40. The molecule has 0 saturated heterocycles. The van der Waals surface area contributed by atoms with Gasteiger partial charge in [-0.2, -0.15) is 0 Å². The summed E-state index contributed by atoms with van der Waals surface area (Å²) in [6, 6.07) is 14.5. The smallest absolute Gasteiger partial charge is 0.280 e. The number of rotatable bonds is 5. The molecule has 0 aliphatic heterocycles. The van der Waals surface area contributed by atoms with E-state index in [2.05, 4.69) is 18.8 Å². The molecule has 25 heavy (non-hydrogen) atoms. The van der Waals surface area contributed by atoms with Gasteiger partial charge in [-0.15, -0.1) is 0 Å². The SMILES string of the molecule is CC(C)c1ccc(-n2ccnc(SCc3ccccc3F)c2=O)cc1. The number of thioether (sulfide) groups is 1. The summed E-state index contributed by atoms with van der Waals surface area (Å²) in [4.78, 5) is 16.8. The molecule has 0 radical (unpaired) electrons. The first kappa shape index (κ1) is 17.4. The fourth-order valence-corrected chi connectivity index (χ4v) is 3.36. The Morgan fingerprint density at radius 3 is 2.52 bits per heavy atom. The largest absolute Gasteiger partial charge is 0.287 e. The third-order valence-electron chi connectivity index (χ3n) is 3.97. The second-order valence-electron chi connectivity index (χ2n) is 6.03. The molecule has 0 amide bonds. The van der Waals surface area contributed by atoms with E-state index in [1.165, 1.54) is 23.4 Å². The molecule has 0 bridgehead atoms. The van der Waals surface area contributed by atoms with Gasteiger partial charge in [-0.3, -0.25) is 9.36 Å². The van der Waals surface area contributed by atoms with Crippen molar-refractivity contribution in [1.82, 2.24) is 9.55 Å². The van der Waals surface area contributed by atoms with Gasteiger partial charge in [0.05, 0.1) is 0 Å². The van der Waals surface area contributed by atoms with Crippen molar-refractivity contribution in [2.75, 3.05) is 0 Å². The maximum atomic E-state index is 13.7. The zero-order valence-corrected chi connectivity index (χ0v) is 15.0. The van der Waals surface area contributed by atoms with Gasteiger partial charge in [0.25, 0.3) is 5.56 Å². The minimum Gasteiger partial charge on any atom is -0.280 e. The molecule has 1 heterocycles. The molecule has 0 saturated carbocycles. The minimum absolute atomic E-state index is 0.193. The Labute approximate surface area is 150 Å². The number of hydrogen-bond acceptors (Lipinski definition) is 3. The van der Waals surface area contributed by atoms with Crippen LogP contribution in [0.15, 0.2) is 70.7 Å². The van der Waals surface area contributed by atoms with E-state index < -0.39 is 0 Å². The Bertz CT molecular complexity index is 919. The van der Waals surface area contributed by atoms with Crippen molar-refractivity contribution < 1.29 is 4.39 Å².